The molecule has 0 amide bonds. The number of hydrogen-bond donors (Lipinski definition) is 2. The Morgan fingerprint density at radius 3 is 2.41 bits per heavy atom. The summed E-state index contributed by atoms with van der Waals surface area (Å²) in [5, 5.41) is 6.34. The summed E-state index contributed by atoms with van der Waals surface area (Å²) in [6.45, 7) is 2.76. The molecule has 1 aromatic carbocycles. The van der Waals surface area contributed by atoms with Crippen molar-refractivity contribution in [3.8, 4) is 11.5 Å². The van der Waals surface area contributed by atoms with E-state index in [9.17, 15) is 4.39 Å². The average molecular weight is 439 g/mol. The predicted octanol–water partition coefficient (Wildman–Crippen LogP) is 3.85. The second-order valence-corrected chi connectivity index (χ2v) is 7.67. The van der Waals surface area contributed by atoms with Gasteiger partial charge in [-0.3, -0.25) is 9.88 Å². The van der Waals surface area contributed by atoms with E-state index in [4.69, 9.17) is 9.47 Å². The maximum Gasteiger partial charge on any atom is 0.229 e. The van der Waals surface area contributed by atoms with Crippen LogP contribution < -0.4 is 20.1 Å². The van der Waals surface area contributed by atoms with Crippen molar-refractivity contribution in [1.29, 1.82) is 0 Å². The minimum atomic E-state index is -0.474. The SMILES string of the molecule is COc1cc(Nc2ncc(F)c(NC3CCN(Cc4ccncc4)CC3)n2)cc(OC)c1. The Labute approximate surface area is 186 Å². The van der Waals surface area contributed by atoms with Gasteiger partial charge in [0.25, 0.3) is 0 Å². The van der Waals surface area contributed by atoms with Crippen LogP contribution in [-0.2, 0) is 6.54 Å². The predicted molar refractivity (Wildman–Crippen MR) is 121 cm³/mol. The molecule has 1 aliphatic rings. The van der Waals surface area contributed by atoms with Crippen molar-refractivity contribution < 1.29 is 13.9 Å². The van der Waals surface area contributed by atoms with Crippen molar-refractivity contribution >= 4 is 17.5 Å². The number of ether oxygens (including phenoxy) is 2. The van der Waals surface area contributed by atoms with Crippen molar-refractivity contribution in [1.82, 2.24) is 19.9 Å². The Morgan fingerprint density at radius 2 is 1.75 bits per heavy atom. The fourth-order valence-electron chi connectivity index (χ4n) is 3.71. The van der Waals surface area contributed by atoms with E-state index in [1.165, 1.54) is 11.8 Å². The smallest absolute Gasteiger partial charge is 0.229 e. The van der Waals surface area contributed by atoms with E-state index < -0.39 is 5.82 Å². The maximum absolute atomic E-state index is 14.4. The third kappa shape index (κ3) is 5.61. The number of nitrogens with zero attached hydrogens (tertiary/aromatic N) is 4. The molecule has 1 aliphatic heterocycles. The van der Waals surface area contributed by atoms with Crippen molar-refractivity contribution in [3.63, 3.8) is 0 Å². The number of nitrogens with one attached hydrogen (secondary N) is 2. The lowest BCUT2D eigenvalue weighted by atomic mass is 10.0. The highest BCUT2D eigenvalue weighted by Crippen LogP contribution is 2.28. The van der Waals surface area contributed by atoms with Crippen LogP contribution in [0.2, 0.25) is 0 Å². The molecule has 0 bridgehead atoms. The second kappa shape index (κ2) is 10.2. The fraction of sp³-hybridized carbons (Fsp3) is 0.348. The van der Waals surface area contributed by atoms with Gasteiger partial charge < -0.3 is 20.1 Å². The summed E-state index contributed by atoms with van der Waals surface area (Å²) in [5.74, 6) is 1.28. The highest BCUT2D eigenvalue weighted by molar-refractivity contribution is 5.60. The molecule has 0 spiro atoms. The quantitative estimate of drug-likeness (QED) is 0.549. The van der Waals surface area contributed by atoms with Crippen LogP contribution in [-0.4, -0.2) is 53.2 Å². The molecule has 3 aromatic rings. The zero-order chi connectivity index (χ0) is 22.3. The van der Waals surface area contributed by atoms with Gasteiger partial charge in [-0.15, -0.1) is 0 Å². The largest absolute Gasteiger partial charge is 0.497 e. The van der Waals surface area contributed by atoms with Gasteiger partial charge in [0.1, 0.15) is 11.5 Å². The molecule has 9 heteroatoms. The van der Waals surface area contributed by atoms with Gasteiger partial charge in [0.2, 0.25) is 5.95 Å². The van der Waals surface area contributed by atoms with Crippen LogP contribution in [0.25, 0.3) is 0 Å². The lowest BCUT2D eigenvalue weighted by molar-refractivity contribution is 0.211. The summed E-state index contributed by atoms with van der Waals surface area (Å²) in [6.07, 6.45) is 6.62. The summed E-state index contributed by atoms with van der Waals surface area (Å²) >= 11 is 0. The molecule has 8 nitrogen and oxygen atoms in total. The molecule has 0 saturated carbocycles. The number of likely N-dealkylation sites (tertiary alicyclic amines) is 1. The van der Waals surface area contributed by atoms with E-state index in [0.29, 0.717) is 23.1 Å². The first-order chi connectivity index (χ1) is 15.6. The van der Waals surface area contributed by atoms with E-state index in [-0.39, 0.29) is 11.9 Å². The number of benzene rings is 1. The topological polar surface area (TPSA) is 84.4 Å². The van der Waals surface area contributed by atoms with Gasteiger partial charge in [-0.1, -0.05) is 0 Å². The monoisotopic (exact) mass is 438 g/mol. The van der Waals surface area contributed by atoms with Gasteiger partial charge in [0.05, 0.1) is 20.4 Å². The van der Waals surface area contributed by atoms with E-state index in [2.05, 4.69) is 30.5 Å². The number of rotatable bonds is 8. The molecule has 0 atom stereocenters. The van der Waals surface area contributed by atoms with Gasteiger partial charge in [-0.25, -0.2) is 9.37 Å². The molecule has 2 aromatic heterocycles. The first-order valence-electron chi connectivity index (χ1n) is 10.5. The van der Waals surface area contributed by atoms with Crippen LogP contribution in [0.3, 0.4) is 0 Å². The minimum Gasteiger partial charge on any atom is -0.497 e. The summed E-state index contributed by atoms with van der Waals surface area (Å²) < 4.78 is 25.0. The van der Waals surface area contributed by atoms with Crippen LogP contribution >= 0.6 is 0 Å². The Bertz CT molecular complexity index is 1010. The highest BCUT2D eigenvalue weighted by atomic mass is 19.1. The minimum absolute atomic E-state index is 0.151. The zero-order valence-electron chi connectivity index (χ0n) is 18.2. The van der Waals surface area contributed by atoms with E-state index in [1.54, 1.807) is 32.4 Å². The molecule has 168 valence electrons. The van der Waals surface area contributed by atoms with Crippen molar-refractivity contribution in [2.75, 3.05) is 37.9 Å². The molecule has 0 aliphatic carbocycles. The first kappa shape index (κ1) is 21.8. The summed E-state index contributed by atoms with van der Waals surface area (Å²) in [5.41, 5.74) is 1.93. The molecule has 1 fully saturated rings. The van der Waals surface area contributed by atoms with Gasteiger partial charge >= 0.3 is 0 Å². The zero-order valence-corrected chi connectivity index (χ0v) is 18.2. The normalized spacial score (nSPS) is 14.7. The Kier molecular flexibility index (Phi) is 6.96. The Hall–Kier alpha value is -3.46. The van der Waals surface area contributed by atoms with Gasteiger partial charge in [0, 0.05) is 62.0 Å². The maximum atomic E-state index is 14.4. The van der Waals surface area contributed by atoms with Crippen LogP contribution in [0.15, 0.2) is 48.9 Å². The third-order valence-corrected chi connectivity index (χ3v) is 5.44. The molecule has 1 saturated heterocycles. The third-order valence-electron chi connectivity index (χ3n) is 5.44. The lowest BCUT2D eigenvalue weighted by Gasteiger charge is -2.32. The van der Waals surface area contributed by atoms with E-state index in [1.807, 2.05) is 24.5 Å². The number of hydrogen-bond acceptors (Lipinski definition) is 8. The van der Waals surface area contributed by atoms with Gasteiger partial charge in [-0.2, -0.15) is 4.98 Å². The first-order valence-corrected chi connectivity index (χ1v) is 10.5. The van der Waals surface area contributed by atoms with Crippen LogP contribution in [0.1, 0.15) is 18.4 Å². The number of methoxy groups -OCH3 is 2. The molecule has 32 heavy (non-hydrogen) atoms. The number of pyridine rings is 1. The average Bonchev–Trinajstić information content (AvgIpc) is 2.83. The number of halogens is 1. The summed E-state index contributed by atoms with van der Waals surface area (Å²) in [7, 11) is 3.16. The number of aromatic nitrogens is 3. The number of piperidine rings is 1. The van der Waals surface area contributed by atoms with E-state index >= 15 is 0 Å². The standard InChI is InChI=1S/C23H27FN6O2/c1-31-19-11-18(12-20(13-19)32-2)28-23-26-14-21(24)22(29-23)27-17-5-9-30(10-6-17)15-16-3-7-25-8-4-16/h3-4,7-8,11-14,17H,5-6,9-10,15H2,1-2H3,(H2,26,27,28,29). The van der Waals surface area contributed by atoms with Gasteiger partial charge in [-0.05, 0) is 30.5 Å². The summed E-state index contributed by atoms with van der Waals surface area (Å²) in [4.78, 5) is 14.9. The molecule has 0 radical (unpaired) electrons. The van der Waals surface area contributed by atoms with Crippen LogP contribution in [0.5, 0.6) is 11.5 Å². The lowest BCUT2D eigenvalue weighted by Crippen LogP contribution is -2.39. The highest BCUT2D eigenvalue weighted by Gasteiger charge is 2.21. The van der Waals surface area contributed by atoms with Crippen LogP contribution in [0, 0.1) is 5.82 Å². The van der Waals surface area contributed by atoms with Crippen LogP contribution in [0.4, 0.5) is 21.8 Å². The molecular weight excluding hydrogens is 411 g/mol. The van der Waals surface area contributed by atoms with Crippen molar-refractivity contribution in [3.05, 3.63) is 60.3 Å². The van der Waals surface area contributed by atoms with Crippen molar-refractivity contribution in [2.24, 2.45) is 0 Å². The Balaban J connectivity index is 1.37. The number of anilines is 3. The second-order valence-electron chi connectivity index (χ2n) is 7.67. The van der Waals surface area contributed by atoms with Crippen molar-refractivity contribution in [2.45, 2.75) is 25.4 Å². The molecule has 4 rings (SSSR count). The molecule has 2 N–H and O–H groups in total. The summed E-state index contributed by atoms with van der Waals surface area (Å²) in [6, 6.07) is 9.57. The fourth-order valence-corrected chi connectivity index (χ4v) is 3.71. The molecule has 0 unspecified atom stereocenters. The van der Waals surface area contributed by atoms with Gasteiger partial charge in [0.15, 0.2) is 11.6 Å². The Morgan fingerprint density at radius 1 is 1.06 bits per heavy atom. The van der Waals surface area contributed by atoms with E-state index in [0.717, 1.165) is 32.5 Å². The molecule has 3 heterocycles. The molecular formula is C23H27FN6O2.